The second-order valence-corrected chi connectivity index (χ2v) is 16.6. The lowest BCUT2D eigenvalue weighted by Crippen LogP contribution is -2.35. The Labute approximate surface area is 252 Å². The van der Waals surface area contributed by atoms with Crippen LogP contribution >= 0.6 is 14.5 Å². The first-order valence-corrected chi connectivity index (χ1v) is 17.7. The molecule has 3 aliphatic heterocycles. The summed E-state index contributed by atoms with van der Waals surface area (Å²) in [7, 11) is 13.1. The summed E-state index contributed by atoms with van der Waals surface area (Å²) in [5.74, 6) is 0. The Morgan fingerprint density at radius 2 is 1.17 bits per heavy atom. The van der Waals surface area contributed by atoms with Crippen molar-refractivity contribution in [3.63, 3.8) is 0 Å². The standard InChI is InChI=1S/C23H41B3O12P2S/c1-22(2,3)30-10-16-14(8-20(25)33-16)37-39(27,28)31-11-18-15(9-21(26)35-18)38-40(29,41)32-12-17-13(7-19(24)34-17)36-23(4,5)6/h13-21H,7-12H2,1-6H3,(H,27,28)(H,29,41)/t13?,14?,15?,16-,17?,18-,19-,20-,21?,40?/m1/s1. The van der Waals surface area contributed by atoms with Crippen LogP contribution in [0, 0.1) is 0 Å². The van der Waals surface area contributed by atoms with Gasteiger partial charge in [0, 0.05) is 18.0 Å². The summed E-state index contributed by atoms with van der Waals surface area (Å²) in [6.45, 7) is 7.08. The third-order valence-electron chi connectivity index (χ3n) is 6.21. The molecule has 3 saturated heterocycles. The molecule has 3 fully saturated rings. The molecule has 0 amide bonds. The van der Waals surface area contributed by atoms with Gasteiger partial charge in [0.1, 0.15) is 41.9 Å². The van der Waals surface area contributed by atoms with Crippen molar-refractivity contribution < 1.29 is 56.1 Å². The van der Waals surface area contributed by atoms with Gasteiger partial charge in [0.25, 0.3) is 0 Å². The minimum absolute atomic E-state index is 0.112. The number of ether oxygens (including phenoxy) is 5. The predicted molar refractivity (Wildman–Crippen MR) is 155 cm³/mol. The smallest absolute Gasteiger partial charge is 0.380 e. The number of hydrogen-bond acceptors (Lipinski definition) is 11. The summed E-state index contributed by atoms with van der Waals surface area (Å²) in [5.41, 5.74) is -0.893. The summed E-state index contributed by atoms with van der Waals surface area (Å²) in [6, 6.07) is -2.01. The van der Waals surface area contributed by atoms with Gasteiger partial charge < -0.3 is 42.5 Å². The number of phosphoric acid groups is 1. The van der Waals surface area contributed by atoms with Crippen molar-refractivity contribution in [1.29, 1.82) is 0 Å². The van der Waals surface area contributed by atoms with Crippen LogP contribution in [0.25, 0.3) is 0 Å². The lowest BCUT2D eigenvalue weighted by Gasteiger charge is -2.29. The first kappa shape index (κ1) is 36.1. The molecule has 7 unspecified atom stereocenters. The zero-order valence-corrected chi connectivity index (χ0v) is 27.1. The molecule has 11 atom stereocenters. The lowest BCUT2D eigenvalue weighted by atomic mass is 9.96. The first-order chi connectivity index (χ1) is 18.7. The minimum atomic E-state index is -4.60. The van der Waals surface area contributed by atoms with Crippen LogP contribution < -0.4 is 0 Å². The normalized spacial score (nSPS) is 37.7. The number of hydrogen-bond donors (Lipinski definition) is 2. The maximum absolute atomic E-state index is 12.8. The topological polar surface area (TPSA) is 141 Å². The molecule has 3 rings (SSSR count). The molecular weight excluding hydrogens is 595 g/mol. The fourth-order valence-corrected chi connectivity index (χ4v) is 6.99. The van der Waals surface area contributed by atoms with Crippen molar-refractivity contribution in [3.05, 3.63) is 0 Å². The Hall–Kier alpha value is 0.635. The highest BCUT2D eigenvalue weighted by atomic mass is 32.5. The van der Waals surface area contributed by atoms with Crippen LogP contribution in [0.4, 0.5) is 0 Å². The molecule has 0 saturated carbocycles. The van der Waals surface area contributed by atoms with Gasteiger partial charge >= 0.3 is 14.5 Å². The van der Waals surface area contributed by atoms with Crippen molar-refractivity contribution in [3.8, 4) is 0 Å². The summed E-state index contributed by atoms with van der Waals surface area (Å²) in [4.78, 5) is 21.2. The van der Waals surface area contributed by atoms with Crippen LogP contribution in [0.1, 0.15) is 60.8 Å². The van der Waals surface area contributed by atoms with Crippen LogP contribution in [-0.4, -0.2) is 119 Å². The maximum atomic E-state index is 12.8. The molecule has 3 aliphatic rings. The van der Waals surface area contributed by atoms with E-state index in [9.17, 15) is 14.4 Å². The molecule has 6 radical (unpaired) electrons. The van der Waals surface area contributed by atoms with Crippen molar-refractivity contribution in [2.45, 2.75) is 127 Å². The van der Waals surface area contributed by atoms with E-state index in [1.165, 1.54) is 0 Å². The zero-order chi connectivity index (χ0) is 30.8. The Balaban J connectivity index is 1.52. The van der Waals surface area contributed by atoms with E-state index in [4.69, 9.17) is 77.1 Å². The van der Waals surface area contributed by atoms with Gasteiger partial charge in [-0.15, -0.1) is 0 Å². The molecule has 12 nitrogen and oxygen atoms in total. The largest absolute Gasteiger partial charge is 0.472 e. The summed E-state index contributed by atoms with van der Waals surface area (Å²) < 4.78 is 63.1. The van der Waals surface area contributed by atoms with Gasteiger partial charge in [-0.2, -0.15) is 0 Å². The van der Waals surface area contributed by atoms with Gasteiger partial charge in [-0.1, -0.05) is 0 Å². The molecule has 230 valence electrons. The Kier molecular flexibility index (Phi) is 12.7. The Morgan fingerprint density at radius 1 is 0.732 bits per heavy atom. The summed E-state index contributed by atoms with van der Waals surface area (Å²) in [6.07, 6.45) is -3.49. The average molecular weight is 636 g/mol. The molecule has 3 heterocycles. The molecule has 0 aromatic heterocycles. The van der Waals surface area contributed by atoms with Gasteiger partial charge in [0.15, 0.2) is 0 Å². The van der Waals surface area contributed by atoms with E-state index in [0.29, 0.717) is 6.42 Å². The van der Waals surface area contributed by atoms with Gasteiger partial charge in [-0.05, 0) is 72.6 Å². The monoisotopic (exact) mass is 636 g/mol. The van der Waals surface area contributed by atoms with Gasteiger partial charge in [0.05, 0.1) is 49.3 Å². The highest BCUT2D eigenvalue weighted by molar-refractivity contribution is 8.07. The van der Waals surface area contributed by atoms with Gasteiger partial charge in [0.2, 0.25) is 0 Å². The van der Waals surface area contributed by atoms with E-state index < -0.39 is 80.9 Å². The Morgan fingerprint density at radius 3 is 1.68 bits per heavy atom. The van der Waals surface area contributed by atoms with Crippen LogP contribution in [0.15, 0.2) is 0 Å². The van der Waals surface area contributed by atoms with E-state index in [1.54, 1.807) is 0 Å². The number of phosphoric ester groups is 1. The summed E-state index contributed by atoms with van der Waals surface area (Å²) in [5, 5.41) is 0. The number of rotatable bonds is 13. The maximum Gasteiger partial charge on any atom is 0.472 e. The first-order valence-electron chi connectivity index (χ1n) is 13.6. The minimum Gasteiger partial charge on any atom is -0.380 e. The fourth-order valence-electron chi connectivity index (χ4n) is 4.56. The molecule has 0 spiro atoms. The highest BCUT2D eigenvalue weighted by Crippen LogP contribution is 2.50. The van der Waals surface area contributed by atoms with E-state index >= 15 is 0 Å². The second kappa shape index (κ2) is 14.4. The van der Waals surface area contributed by atoms with E-state index in [0.717, 1.165) is 0 Å². The molecule has 0 aromatic rings. The van der Waals surface area contributed by atoms with E-state index in [2.05, 4.69) is 0 Å². The van der Waals surface area contributed by atoms with Crippen molar-refractivity contribution in [2.24, 2.45) is 0 Å². The molecular formula is C23H41B3O12P2S. The molecule has 0 aromatic carbocycles. The van der Waals surface area contributed by atoms with Crippen molar-refractivity contribution >= 4 is 49.9 Å². The van der Waals surface area contributed by atoms with Gasteiger partial charge in [-0.25, -0.2) is 4.57 Å². The molecule has 18 heteroatoms. The molecule has 2 N–H and O–H groups in total. The summed E-state index contributed by atoms with van der Waals surface area (Å²) >= 11 is 5.20. The van der Waals surface area contributed by atoms with Crippen LogP contribution in [-0.2, 0) is 58.2 Å². The van der Waals surface area contributed by atoms with Crippen molar-refractivity contribution in [1.82, 2.24) is 0 Å². The van der Waals surface area contributed by atoms with Crippen LogP contribution in [0.3, 0.4) is 0 Å². The zero-order valence-electron chi connectivity index (χ0n) is 24.5. The van der Waals surface area contributed by atoms with Crippen LogP contribution in [0.2, 0.25) is 0 Å². The predicted octanol–water partition coefficient (Wildman–Crippen LogP) is 1.96. The van der Waals surface area contributed by atoms with Gasteiger partial charge in [-0.3, -0.25) is 9.05 Å². The van der Waals surface area contributed by atoms with E-state index in [1.807, 2.05) is 41.5 Å². The second-order valence-electron chi connectivity index (χ2n) is 12.4. The fraction of sp³-hybridized carbons (Fsp3) is 1.00. The SMILES string of the molecule is [B]C1CC(OP(O)(=S)OCC2O[C@@H]([B])CC2OC(C)(C)C)[C@@H](COP(=O)(O)OC2C[C@H]([B])O[C@@H]2COC(C)(C)C)O1. The quantitative estimate of drug-likeness (QED) is 0.225. The third-order valence-corrected chi connectivity index (χ3v) is 8.81. The average Bonchev–Trinajstić information content (AvgIpc) is 3.43. The lowest BCUT2D eigenvalue weighted by molar-refractivity contribution is -0.0981. The molecule has 41 heavy (non-hydrogen) atoms. The van der Waals surface area contributed by atoms with E-state index in [-0.39, 0.29) is 32.2 Å². The molecule has 0 bridgehead atoms. The van der Waals surface area contributed by atoms with Crippen LogP contribution in [0.5, 0.6) is 0 Å². The van der Waals surface area contributed by atoms with Crippen molar-refractivity contribution in [2.75, 3.05) is 19.8 Å². The third kappa shape index (κ3) is 12.5. The molecule has 0 aliphatic carbocycles. The Bertz CT molecular complexity index is 954. The highest BCUT2D eigenvalue weighted by Gasteiger charge is 2.43.